The molecule has 0 saturated heterocycles. The SMILES string of the molecule is CN(C/C=C/C(=O)O)CCCCN1c2cc(Cl)ccc2C(=O)N(Cc2ccccc2)c2ccccc21.O=C(O)/C=C\C(=O)O. The Morgan fingerprint density at radius 2 is 1.36 bits per heavy atom. The second-order valence-electron chi connectivity index (χ2n) is 9.90. The summed E-state index contributed by atoms with van der Waals surface area (Å²) in [5.74, 6) is -3.50. The number of benzene rings is 3. The number of hydrogen-bond acceptors (Lipinski definition) is 6. The average Bonchev–Trinajstić information content (AvgIpc) is 3.07. The van der Waals surface area contributed by atoms with E-state index < -0.39 is 17.9 Å². The molecule has 0 saturated carbocycles. The number of anilines is 3. The highest BCUT2D eigenvalue weighted by Crippen LogP contribution is 2.42. The van der Waals surface area contributed by atoms with Crippen LogP contribution in [0.3, 0.4) is 0 Å². The average molecular weight is 620 g/mol. The maximum absolute atomic E-state index is 13.8. The first kappa shape index (κ1) is 33.6. The van der Waals surface area contributed by atoms with Crippen LogP contribution in [0.4, 0.5) is 17.1 Å². The Hall–Kier alpha value is -4.93. The molecular formula is C33H34ClN3O7. The summed E-state index contributed by atoms with van der Waals surface area (Å²) >= 11 is 6.40. The van der Waals surface area contributed by atoms with E-state index in [1.807, 2.05) is 72.6 Å². The lowest BCUT2D eigenvalue weighted by molar-refractivity contribution is -0.134. The van der Waals surface area contributed by atoms with Crippen LogP contribution < -0.4 is 9.80 Å². The molecular weight excluding hydrogens is 586 g/mol. The van der Waals surface area contributed by atoms with Crippen molar-refractivity contribution in [2.24, 2.45) is 0 Å². The first-order chi connectivity index (χ1) is 21.1. The van der Waals surface area contributed by atoms with E-state index in [4.69, 9.17) is 26.9 Å². The molecule has 3 aromatic rings. The van der Waals surface area contributed by atoms with Crippen molar-refractivity contribution in [1.82, 2.24) is 4.90 Å². The number of carbonyl (C=O) groups excluding carboxylic acids is 1. The lowest BCUT2D eigenvalue weighted by Crippen LogP contribution is -2.29. The van der Waals surface area contributed by atoms with Crippen molar-refractivity contribution in [1.29, 1.82) is 0 Å². The van der Waals surface area contributed by atoms with Crippen LogP contribution in [0.5, 0.6) is 0 Å². The maximum Gasteiger partial charge on any atom is 0.328 e. The fourth-order valence-electron chi connectivity index (χ4n) is 4.60. The fraction of sp³-hybridized carbons (Fsp3) is 0.212. The number of fused-ring (bicyclic) bond motifs is 2. The van der Waals surface area contributed by atoms with Gasteiger partial charge in [-0.05, 0) is 62.3 Å². The Balaban J connectivity index is 0.000000583. The molecule has 0 aromatic heterocycles. The number of aliphatic carboxylic acids is 3. The third-order valence-electron chi connectivity index (χ3n) is 6.59. The summed E-state index contributed by atoms with van der Waals surface area (Å²) in [5, 5.41) is 25.0. The van der Waals surface area contributed by atoms with Crippen LogP contribution in [0.1, 0.15) is 28.8 Å². The van der Waals surface area contributed by atoms with E-state index in [0.717, 1.165) is 48.6 Å². The Labute approximate surface area is 260 Å². The normalized spacial score (nSPS) is 12.5. The van der Waals surface area contributed by atoms with Crippen LogP contribution in [-0.2, 0) is 20.9 Å². The molecule has 0 atom stereocenters. The Morgan fingerprint density at radius 1 is 0.773 bits per heavy atom. The number of halogens is 1. The standard InChI is InChI=1S/C29H30ClN3O3.C4H4O4/c1-31(18-9-14-28(34)35)17-7-8-19-32-25-12-5-6-13-26(25)33(21-22-10-3-2-4-11-22)29(36)24-16-15-23(30)20-27(24)32;5-3(6)1-2-4(7)8/h2-6,9-16,20H,7-8,17-19,21H2,1H3,(H,34,35);1-2H,(H,5,6)(H,7,8)/b14-9+;2-1-. The monoisotopic (exact) mass is 619 g/mol. The van der Waals surface area contributed by atoms with Gasteiger partial charge >= 0.3 is 17.9 Å². The predicted molar refractivity (Wildman–Crippen MR) is 170 cm³/mol. The lowest BCUT2D eigenvalue weighted by atomic mass is 10.1. The molecule has 0 aliphatic carbocycles. The molecule has 1 amide bonds. The van der Waals surface area contributed by atoms with Crippen LogP contribution in [0.25, 0.3) is 0 Å². The van der Waals surface area contributed by atoms with Gasteiger partial charge in [-0.25, -0.2) is 14.4 Å². The number of carbonyl (C=O) groups is 4. The highest BCUT2D eigenvalue weighted by molar-refractivity contribution is 6.31. The van der Waals surface area contributed by atoms with Crippen molar-refractivity contribution in [3.05, 3.63) is 113 Å². The number of hydrogen-bond donors (Lipinski definition) is 3. The molecule has 10 nitrogen and oxygen atoms in total. The third kappa shape index (κ3) is 10.1. The second-order valence-corrected chi connectivity index (χ2v) is 10.3. The summed E-state index contributed by atoms with van der Waals surface area (Å²) in [6.45, 7) is 2.61. The number of para-hydroxylation sites is 2. The minimum atomic E-state index is -1.26. The molecule has 1 heterocycles. The van der Waals surface area contributed by atoms with E-state index in [9.17, 15) is 19.2 Å². The Morgan fingerprint density at radius 3 is 1.98 bits per heavy atom. The van der Waals surface area contributed by atoms with Crippen molar-refractivity contribution in [3.63, 3.8) is 0 Å². The Kier molecular flexibility index (Phi) is 12.7. The molecule has 0 radical (unpaired) electrons. The zero-order chi connectivity index (χ0) is 32.1. The summed E-state index contributed by atoms with van der Waals surface area (Å²) in [6.07, 6.45) is 5.75. The molecule has 1 aliphatic rings. The van der Waals surface area contributed by atoms with Gasteiger partial charge in [-0.2, -0.15) is 0 Å². The summed E-state index contributed by atoms with van der Waals surface area (Å²) in [7, 11) is 1.97. The van der Waals surface area contributed by atoms with Crippen LogP contribution >= 0.6 is 11.6 Å². The predicted octanol–water partition coefficient (Wildman–Crippen LogP) is 5.70. The zero-order valence-corrected chi connectivity index (χ0v) is 24.9. The molecule has 4 rings (SSSR count). The molecule has 0 unspecified atom stereocenters. The number of carboxylic acid groups (broad SMARTS) is 3. The van der Waals surface area contributed by atoms with Crippen molar-refractivity contribution >= 4 is 52.5 Å². The second kappa shape index (κ2) is 16.6. The van der Waals surface area contributed by atoms with Gasteiger partial charge in [-0.1, -0.05) is 60.1 Å². The van der Waals surface area contributed by atoms with Gasteiger partial charge in [-0.15, -0.1) is 0 Å². The van der Waals surface area contributed by atoms with Crippen LogP contribution in [-0.4, -0.2) is 70.7 Å². The molecule has 230 valence electrons. The first-order valence-electron chi connectivity index (χ1n) is 13.8. The van der Waals surface area contributed by atoms with Gasteiger partial charge in [-0.3, -0.25) is 4.79 Å². The highest BCUT2D eigenvalue weighted by atomic mass is 35.5. The summed E-state index contributed by atoms with van der Waals surface area (Å²) in [4.78, 5) is 49.7. The maximum atomic E-state index is 13.8. The minimum Gasteiger partial charge on any atom is -0.478 e. The zero-order valence-electron chi connectivity index (χ0n) is 24.2. The van der Waals surface area contributed by atoms with Gasteiger partial charge in [0, 0.05) is 36.3 Å². The number of unbranched alkanes of at least 4 members (excludes halogenated alkanes) is 1. The van der Waals surface area contributed by atoms with Crippen LogP contribution in [0.2, 0.25) is 5.02 Å². The van der Waals surface area contributed by atoms with Gasteiger partial charge in [0.2, 0.25) is 0 Å². The lowest BCUT2D eigenvalue weighted by Gasteiger charge is -2.28. The first-order valence-corrected chi connectivity index (χ1v) is 14.2. The molecule has 1 aliphatic heterocycles. The smallest absolute Gasteiger partial charge is 0.328 e. The number of rotatable bonds is 12. The topological polar surface area (TPSA) is 139 Å². The molecule has 11 heteroatoms. The summed E-state index contributed by atoms with van der Waals surface area (Å²) in [6, 6.07) is 23.5. The molecule has 0 bridgehead atoms. The summed E-state index contributed by atoms with van der Waals surface area (Å²) in [5.41, 5.74) is 4.34. The van der Waals surface area contributed by atoms with Crippen molar-refractivity contribution < 1.29 is 34.5 Å². The van der Waals surface area contributed by atoms with Gasteiger partial charge < -0.3 is 30.0 Å². The number of carboxylic acids is 3. The molecule has 0 spiro atoms. The van der Waals surface area contributed by atoms with E-state index in [-0.39, 0.29) is 5.91 Å². The molecule has 0 fully saturated rings. The van der Waals surface area contributed by atoms with Crippen molar-refractivity contribution in [2.45, 2.75) is 19.4 Å². The molecule has 3 N–H and O–H groups in total. The van der Waals surface area contributed by atoms with Crippen molar-refractivity contribution in [3.8, 4) is 0 Å². The third-order valence-corrected chi connectivity index (χ3v) is 6.83. The summed E-state index contributed by atoms with van der Waals surface area (Å²) < 4.78 is 0. The van der Waals surface area contributed by atoms with Gasteiger partial charge in [0.1, 0.15) is 0 Å². The van der Waals surface area contributed by atoms with Gasteiger partial charge in [0.05, 0.1) is 29.2 Å². The fourth-order valence-corrected chi connectivity index (χ4v) is 4.76. The Bertz CT molecular complexity index is 1510. The van der Waals surface area contributed by atoms with Gasteiger partial charge in [0.15, 0.2) is 0 Å². The van der Waals surface area contributed by atoms with Crippen molar-refractivity contribution in [2.75, 3.05) is 36.5 Å². The van der Waals surface area contributed by atoms with E-state index in [0.29, 0.717) is 35.8 Å². The van der Waals surface area contributed by atoms with E-state index in [1.54, 1.807) is 12.1 Å². The number of nitrogens with zero attached hydrogens (tertiary/aromatic N) is 3. The van der Waals surface area contributed by atoms with E-state index in [1.165, 1.54) is 6.08 Å². The van der Waals surface area contributed by atoms with E-state index in [2.05, 4.69) is 15.9 Å². The number of amides is 1. The highest BCUT2D eigenvalue weighted by Gasteiger charge is 2.31. The van der Waals surface area contributed by atoms with E-state index >= 15 is 0 Å². The largest absolute Gasteiger partial charge is 0.478 e. The molecule has 3 aromatic carbocycles. The van der Waals surface area contributed by atoms with Crippen LogP contribution in [0.15, 0.2) is 97.1 Å². The quantitative estimate of drug-likeness (QED) is 0.172. The van der Waals surface area contributed by atoms with Gasteiger partial charge in [0.25, 0.3) is 5.91 Å². The van der Waals surface area contributed by atoms with Crippen LogP contribution in [0, 0.1) is 0 Å². The molecule has 44 heavy (non-hydrogen) atoms. The number of likely N-dealkylation sites (N-methyl/N-ethyl adjacent to an activating group) is 1. The minimum absolute atomic E-state index is 0.0505.